The van der Waals surface area contributed by atoms with Crippen LogP contribution in [0.2, 0.25) is 0 Å². The summed E-state index contributed by atoms with van der Waals surface area (Å²) in [6.45, 7) is 2.15. The van der Waals surface area contributed by atoms with E-state index in [-0.39, 0.29) is 0 Å². The van der Waals surface area contributed by atoms with Crippen molar-refractivity contribution in [1.29, 1.82) is 0 Å². The normalized spacial score (nSPS) is 10.8. The van der Waals surface area contributed by atoms with Crippen LogP contribution < -0.4 is 5.32 Å². The molecule has 0 aliphatic rings. The molecular weight excluding hydrogens is 258 g/mol. The lowest BCUT2D eigenvalue weighted by Crippen LogP contribution is -2.01. The van der Waals surface area contributed by atoms with Gasteiger partial charge in [-0.2, -0.15) is 0 Å². The summed E-state index contributed by atoms with van der Waals surface area (Å²) in [5.41, 5.74) is 2.14. The smallest absolute Gasteiger partial charge is 0.131 e. The van der Waals surface area contributed by atoms with Gasteiger partial charge in [-0.15, -0.1) is 0 Å². The van der Waals surface area contributed by atoms with Crippen LogP contribution in [0.4, 0.5) is 5.82 Å². The Morgan fingerprint density at radius 2 is 1.81 bits per heavy atom. The highest BCUT2D eigenvalue weighted by Gasteiger charge is 2.08. The van der Waals surface area contributed by atoms with Crippen molar-refractivity contribution in [1.82, 2.24) is 9.97 Å². The Labute approximate surface area is 125 Å². The van der Waals surface area contributed by atoms with Crippen LogP contribution in [-0.2, 0) is 6.42 Å². The quantitative estimate of drug-likeness (QED) is 0.773. The number of hydrogen-bond donors (Lipinski definition) is 1. The van der Waals surface area contributed by atoms with Gasteiger partial charge in [-0.25, -0.2) is 9.97 Å². The largest absolute Gasteiger partial charge is 0.373 e. The van der Waals surface area contributed by atoms with E-state index in [0.29, 0.717) is 0 Å². The molecule has 3 aromatic rings. The number of aromatic nitrogens is 2. The van der Waals surface area contributed by atoms with Gasteiger partial charge in [-0.1, -0.05) is 49.4 Å². The molecule has 0 spiro atoms. The van der Waals surface area contributed by atoms with E-state index in [2.05, 4.69) is 59.7 Å². The maximum absolute atomic E-state index is 4.74. The molecule has 106 valence electrons. The van der Waals surface area contributed by atoms with Gasteiger partial charge in [0, 0.05) is 25.1 Å². The molecule has 0 unspecified atom stereocenters. The third-order valence-corrected chi connectivity index (χ3v) is 3.57. The predicted molar refractivity (Wildman–Crippen MR) is 88.5 cm³/mol. The summed E-state index contributed by atoms with van der Waals surface area (Å²) in [7, 11) is 1.89. The second kappa shape index (κ2) is 5.92. The number of hydrogen-bond acceptors (Lipinski definition) is 3. The first kappa shape index (κ1) is 13.6. The van der Waals surface area contributed by atoms with E-state index in [1.54, 1.807) is 0 Å². The third-order valence-electron chi connectivity index (χ3n) is 3.57. The SMILES string of the molecule is CCCc1nc(NC)cc(-c2cccc3ccccc23)n1. The lowest BCUT2D eigenvalue weighted by Gasteiger charge is -2.10. The van der Waals surface area contributed by atoms with E-state index >= 15 is 0 Å². The van der Waals surface area contributed by atoms with Gasteiger partial charge in [0.1, 0.15) is 11.6 Å². The average molecular weight is 277 g/mol. The summed E-state index contributed by atoms with van der Waals surface area (Å²) >= 11 is 0. The van der Waals surface area contributed by atoms with Crippen molar-refractivity contribution in [2.45, 2.75) is 19.8 Å². The van der Waals surface area contributed by atoms with E-state index < -0.39 is 0 Å². The number of anilines is 1. The van der Waals surface area contributed by atoms with Crippen LogP contribution in [0.3, 0.4) is 0 Å². The van der Waals surface area contributed by atoms with E-state index in [1.807, 2.05) is 13.1 Å². The molecule has 3 rings (SSSR count). The summed E-state index contributed by atoms with van der Waals surface area (Å²) in [4.78, 5) is 9.27. The van der Waals surface area contributed by atoms with Crippen molar-refractivity contribution < 1.29 is 0 Å². The molecule has 1 N–H and O–H groups in total. The Balaban J connectivity index is 2.20. The fraction of sp³-hybridized carbons (Fsp3) is 0.222. The molecule has 0 aliphatic heterocycles. The molecule has 3 heteroatoms. The van der Waals surface area contributed by atoms with Gasteiger partial charge in [-0.3, -0.25) is 0 Å². The monoisotopic (exact) mass is 277 g/mol. The zero-order valence-corrected chi connectivity index (χ0v) is 12.4. The molecule has 1 aromatic heterocycles. The summed E-state index contributed by atoms with van der Waals surface area (Å²) in [5, 5.41) is 5.59. The molecule has 0 saturated heterocycles. The van der Waals surface area contributed by atoms with Crippen LogP contribution >= 0.6 is 0 Å². The molecule has 21 heavy (non-hydrogen) atoms. The topological polar surface area (TPSA) is 37.8 Å². The first-order valence-electron chi connectivity index (χ1n) is 7.35. The molecule has 3 nitrogen and oxygen atoms in total. The summed E-state index contributed by atoms with van der Waals surface area (Å²) in [6, 6.07) is 16.8. The van der Waals surface area contributed by atoms with Crippen LogP contribution in [0, 0.1) is 0 Å². The second-order valence-electron chi connectivity index (χ2n) is 5.08. The summed E-state index contributed by atoms with van der Waals surface area (Å²) in [5.74, 6) is 1.77. The lowest BCUT2D eigenvalue weighted by atomic mass is 10.0. The van der Waals surface area contributed by atoms with Crippen molar-refractivity contribution in [2.24, 2.45) is 0 Å². The number of rotatable bonds is 4. The molecule has 2 aromatic carbocycles. The maximum Gasteiger partial charge on any atom is 0.131 e. The van der Waals surface area contributed by atoms with Gasteiger partial charge >= 0.3 is 0 Å². The highest BCUT2D eigenvalue weighted by atomic mass is 15.0. The first-order valence-corrected chi connectivity index (χ1v) is 7.35. The van der Waals surface area contributed by atoms with Crippen molar-refractivity contribution in [2.75, 3.05) is 12.4 Å². The minimum atomic E-state index is 0.872. The molecule has 0 bridgehead atoms. The number of benzene rings is 2. The van der Waals surface area contributed by atoms with Crippen molar-refractivity contribution in [3.63, 3.8) is 0 Å². The standard InChI is InChI=1S/C18H19N3/c1-3-7-17-20-16(12-18(19-2)21-17)15-11-6-9-13-8-4-5-10-14(13)15/h4-6,8-12H,3,7H2,1-2H3,(H,19,20,21). The Hall–Kier alpha value is -2.42. The zero-order chi connectivity index (χ0) is 14.7. The molecule has 0 amide bonds. The van der Waals surface area contributed by atoms with Gasteiger partial charge in [0.15, 0.2) is 0 Å². The molecular formula is C18H19N3. The van der Waals surface area contributed by atoms with Gasteiger partial charge in [0.05, 0.1) is 5.69 Å². The Morgan fingerprint density at radius 1 is 1.00 bits per heavy atom. The molecule has 0 atom stereocenters. The summed E-state index contributed by atoms with van der Waals surface area (Å²) < 4.78 is 0. The highest BCUT2D eigenvalue weighted by molar-refractivity contribution is 5.96. The maximum atomic E-state index is 4.74. The van der Waals surface area contributed by atoms with Crippen LogP contribution in [0.5, 0.6) is 0 Å². The van der Waals surface area contributed by atoms with Crippen LogP contribution in [-0.4, -0.2) is 17.0 Å². The van der Waals surface area contributed by atoms with Crippen molar-refractivity contribution in [3.8, 4) is 11.3 Å². The minimum Gasteiger partial charge on any atom is -0.373 e. The Bertz CT molecular complexity index is 760. The van der Waals surface area contributed by atoms with E-state index in [1.165, 1.54) is 10.8 Å². The number of nitrogens with zero attached hydrogens (tertiary/aromatic N) is 2. The van der Waals surface area contributed by atoms with Gasteiger partial charge in [0.25, 0.3) is 0 Å². The van der Waals surface area contributed by atoms with Gasteiger partial charge < -0.3 is 5.32 Å². The highest BCUT2D eigenvalue weighted by Crippen LogP contribution is 2.28. The minimum absolute atomic E-state index is 0.872. The second-order valence-corrected chi connectivity index (χ2v) is 5.08. The van der Waals surface area contributed by atoms with E-state index in [4.69, 9.17) is 4.98 Å². The first-order chi connectivity index (χ1) is 10.3. The average Bonchev–Trinajstić information content (AvgIpc) is 2.54. The molecule has 0 fully saturated rings. The number of nitrogens with one attached hydrogen (secondary N) is 1. The fourth-order valence-corrected chi connectivity index (χ4v) is 2.55. The van der Waals surface area contributed by atoms with Crippen LogP contribution in [0.25, 0.3) is 22.0 Å². The molecule has 0 saturated carbocycles. The van der Waals surface area contributed by atoms with Crippen molar-refractivity contribution in [3.05, 3.63) is 54.4 Å². The zero-order valence-electron chi connectivity index (χ0n) is 12.4. The molecule has 0 radical (unpaired) electrons. The van der Waals surface area contributed by atoms with Crippen LogP contribution in [0.1, 0.15) is 19.2 Å². The number of fused-ring (bicyclic) bond motifs is 1. The van der Waals surface area contributed by atoms with Crippen molar-refractivity contribution >= 4 is 16.6 Å². The molecule has 1 heterocycles. The van der Waals surface area contributed by atoms with Gasteiger partial charge in [-0.05, 0) is 17.2 Å². The predicted octanol–water partition coefficient (Wildman–Crippen LogP) is 4.29. The Morgan fingerprint density at radius 3 is 2.62 bits per heavy atom. The number of aryl methyl sites for hydroxylation is 1. The lowest BCUT2D eigenvalue weighted by molar-refractivity contribution is 0.838. The molecule has 0 aliphatic carbocycles. The van der Waals surface area contributed by atoms with E-state index in [0.717, 1.165) is 35.7 Å². The third kappa shape index (κ3) is 2.72. The Kier molecular flexibility index (Phi) is 3.82. The van der Waals surface area contributed by atoms with E-state index in [9.17, 15) is 0 Å². The van der Waals surface area contributed by atoms with Crippen LogP contribution in [0.15, 0.2) is 48.5 Å². The summed E-state index contributed by atoms with van der Waals surface area (Å²) in [6.07, 6.45) is 1.94. The van der Waals surface area contributed by atoms with Gasteiger partial charge in [0.2, 0.25) is 0 Å². The fourth-order valence-electron chi connectivity index (χ4n) is 2.55.